The molecule has 1 heterocycles. The number of hydrogen-bond donors (Lipinski definition) is 0. The van der Waals surface area contributed by atoms with Crippen LogP contribution >= 0.6 is 0 Å². The summed E-state index contributed by atoms with van der Waals surface area (Å²) in [7, 11) is 1.60. The Morgan fingerprint density at radius 3 is 2.06 bits per heavy atom. The molecule has 4 rings (SSSR count). The van der Waals surface area contributed by atoms with Crippen LogP contribution in [0.2, 0.25) is 0 Å². The van der Waals surface area contributed by atoms with E-state index in [1.807, 2.05) is 41.3 Å². The number of nitrogens with zero attached hydrogens (tertiary/aromatic N) is 5. The highest BCUT2D eigenvalue weighted by Crippen LogP contribution is 2.29. The minimum absolute atomic E-state index is 0.000769. The number of nitriles is 1. The van der Waals surface area contributed by atoms with Crippen LogP contribution in [0.15, 0.2) is 89.9 Å². The summed E-state index contributed by atoms with van der Waals surface area (Å²) in [6, 6.07) is 28.5. The van der Waals surface area contributed by atoms with Crippen molar-refractivity contribution in [2.45, 2.75) is 6.04 Å². The maximum atomic E-state index is 13.2. The highest BCUT2D eigenvalue weighted by molar-refractivity contribution is 5.90. The standard InChI is InChI=1S/C28H29N5O2/c1-35-26-14-12-25(13-15-26)33(22-30-21-29)20-27(34)31-16-18-32(19-17-31)28(23-8-4-2-5-9-23)24-10-6-3-7-11-24/h2-15,22,28H,16-20H2,1H3. The maximum Gasteiger partial charge on any atom is 0.242 e. The first kappa shape index (κ1) is 24.0. The van der Waals surface area contributed by atoms with Crippen LogP contribution in [0, 0.1) is 11.5 Å². The van der Waals surface area contributed by atoms with Crippen LogP contribution in [0.25, 0.3) is 0 Å². The molecule has 0 bridgehead atoms. The Morgan fingerprint density at radius 2 is 1.54 bits per heavy atom. The van der Waals surface area contributed by atoms with E-state index < -0.39 is 0 Å². The zero-order valence-electron chi connectivity index (χ0n) is 19.8. The largest absolute Gasteiger partial charge is 0.497 e. The topological polar surface area (TPSA) is 72.2 Å². The van der Waals surface area contributed by atoms with E-state index in [0.717, 1.165) is 24.5 Å². The lowest BCUT2D eigenvalue weighted by Crippen LogP contribution is -2.52. The number of amides is 1. The lowest BCUT2D eigenvalue weighted by molar-refractivity contribution is -0.131. The Labute approximate surface area is 206 Å². The van der Waals surface area contributed by atoms with Crippen molar-refractivity contribution in [2.75, 3.05) is 44.7 Å². The number of carbonyl (C=O) groups excluding carboxylic acids is 1. The molecule has 3 aromatic rings. The first-order valence-electron chi connectivity index (χ1n) is 11.6. The fourth-order valence-electron chi connectivity index (χ4n) is 4.43. The average molecular weight is 468 g/mol. The van der Waals surface area contributed by atoms with Crippen molar-refractivity contribution in [1.29, 1.82) is 5.26 Å². The third-order valence-electron chi connectivity index (χ3n) is 6.23. The average Bonchev–Trinajstić information content (AvgIpc) is 2.93. The molecule has 35 heavy (non-hydrogen) atoms. The van der Waals surface area contributed by atoms with E-state index in [4.69, 9.17) is 10.00 Å². The Morgan fingerprint density at radius 1 is 0.971 bits per heavy atom. The van der Waals surface area contributed by atoms with Gasteiger partial charge < -0.3 is 14.5 Å². The van der Waals surface area contributed by atoms with Gasteiger partial charge >= 0.3 is 0 Å². The summed E-state index contributed by atoms with van der Waals surface area (Å²) < 4.78 is 5.22. The molecule has 0 aromatic heterocycles. The lowest BCUT2D eigenvalue weighted by atomic mass is 9.96. The van der Waals surface area contributed by atoms with E-state index in [0.29, 0.717) is 13.1 Å². The van der Waals surface area contributed by atoms with E-state index in [9.17, 15) is 4.79 Å². The van der Waals surface area contributed by atoms with Gasteiger partial charge in [0.25, 0.3) is 0 Å². The molecule has 0 aliphatic carbocycles. The number of benzene rings is 3. The number of ether oxygens (including phenoxy) is 1. The second-order valence-corrected chi connectivity index (χ2v) is 8.31. The van der Waals surface area contributed by atoms with Crippen LogP contribution in [0.5, 0.6) is 5.75 Å². The van der Waals surface area contributed by atoms with Crippen LogP contribution in [-0.2, 0) is 4.79 Å². The lowest BCUT2D eigenvalue weighted by Gasteiger charge is -2.40. The van der Waals surface area contributed by atoms with Crippen molar-refractivity contribution in [2.24, 2.45) is 4.99 Å². The minimum atomic E-state index is 0.000769. The second-order valence-electron chi connectivity index (χ2n) is 8.31. The van der Waals surface area contributed by atoms with Crippen molar-refractivity contribution in [3.8, 4) is 11.9 Å². The SMILES string of the molecule is COc1ccc(N(C=NC#N)CC(=O)N2CCN(C(c3ccccc3)c3ccccc3)CC2)cc1. The Kier molecular flexibility index (Phi) is 8.10. The summed E-state index contributed by atoms with van der Waals surface area (Å²) in [6.07, 6.45) is 3.16. The molecule has 1 fully saturated rings. The van der Waals surface area contributed by atoms with E-state index in [-0.39, 0.29) is 18.5 Å². The smallest absolute Gasteiger partial charge is 0.242 e. The number of methoxy groups -OCH3 is 1. The Hall–Kier alpha value is -4.15. The molecule has 1 aliphatic rings. The fourth-order valence-corrected chi connectivity index (χ4v) is 4.43. The van der Waals surface area contributed by atoms with E-state index >= 15 is 0 Å². The van der Waals surface area contributed by atoms with Crippen molar-refractivity contribution in [3.63, 3.8) is 0 Å². The molecule has 0 spiro atoms. The van der Waals surface area contributed by atoms with Crippen LogP contribution in [-0.4, -0.2) is 61.9 Å². The monoisotopic (exact) mass is 467 g/mol. The summed E-state index contributed by atoms with van der Waals surface area (Å²) in [5.74, 6) is 0.723. The fraction of sp³-hybridized carbons (Fsp3) is 0.250. The van der Waals surface area contributed by atoms with Crippen LogP contribution in [0.4, 0.5) is 5.69 Å². The van der Waals surface area contributed by atoms with E-state index in [1.165, 1.54) is 17.5 Å². The summed E-state index contributed by atoms with van der Waals surface area (Å²) >= 11 is 0. The zero-order chi connectivity index (χ0) is 24.5. The molecule has 1 aliphatic heterocycles. The van der Waals surface area contributed by atoms with Gasteiger partial charge in [-0.15, -0.1) is 0 Å². The molecule has 7 heteroatoms. The van der Waals surface area contributed by atoms with Gasteiger partial charge in [-0.1, -0.05) is 60.7 Å². The molecule has 7 nitrogen and oxygen atoms in total. The van der Waals surface area contributed by atoms with Crippen molar-refractivity contribution >= 4 is 17.9 Å². The number of hydrogen-bond acceptors (Lipinski definition) is 5. The number of anilines is 1. The van der Waals surface area contributed by atoms with E-state index in [1.54, 1.807) is 18.2 Å². The molecule has 0 saturated carbocycles. The maximum absolute atomic E-state index is 13.2. The van der Waals surface area contributed by atoms with Crippen LogP contribution in [0.1, 0.15) is 17.2 Å². The molecule has 1 amide bonds. The van der Waals surface area contributed by atoms with Crippen molar-refractivity contribution in [1.82, 2.24) is 9.80 Å². The van der Waals surface area contributed by atoms with E-state index in [2.05, 4.69) is 58.4 Å². The predicted molar refractivity (Wildman–Crippen MR) is 137 cm³/mol. The number of rotatable bonds is 8. The van der Waals surface area contributed by atoms with Gasteiger partial charge in [-0.2, -0.15) is 10.3 Å². The third kappa shape index (κ3) is 6.05. The van der Waals surface area contributed by atoms with Crippen LogP contribution < -0.4 is 9.64 Å². The minimum Gasteiger partial charge on any atom is -0.497 e. The van der Waals surface area contributed by atoms with Gasteiger partial charge in [-0.3, -0.25) is 9.69 Å². The molecular formula is C28H29N5O2. The normalized spacial score (nSPS) is 14.1. The Balaban J connectivity index is 1.44. The number of piperazine rings is 1. The molecule has 0 N–H and O–H groups in total. The molecule has 0 unspecified atom stereocenters. The number of aliphatic imine (C=N–C) groups is 1. The van der Waals surface area contributed by atoms with Gasteiger partial charge in [0.2, 0.25) is 12.1 Å². The third-order valence-corrected chi connectivity index (χ3v) is 6.23. The van der Waals surface area contributed by atoms with Gasteiger partial charge in [0, 0.05) is 31.9 Å². The first-order valence-corrected chi connectivity index (χ1v) is 11.6. The molecule has 1 saturated heterocycles. The van der Waals surface area contributed by atoms with Crippen molar-refractivity contribution in [3.05, 3.63) is 96.1 Å². The highest BCUT2D eigenvalue weighted by Gasteiger charge is 2.28. The van der Waals surface area contributed by atoms with Crippen LogP contribution in [0.3, 0.4) is 0 Å². The predicted octanol–water partition coefficient (Wildman–Crippen LogP) is 3.94. The summed E-state index contributed by atoms with van der Waals surface area (Å²) in [6.45, 7) is 2.93. The first-order chi connectivity index (χ1) is 17.2. The summed E-state index contributed by atoms with van der Waals surface area (Å²) in [5, 5.41) is 8.90. The molecule has 3 aromatic carbocycles. The van der Waals surface area contributed by atoms with Crippen molar-refractivity contribution < 1.29 is 9.53 Å². The van der Waals surface area contributed by atoms with Gasteiger partial charge in [0.05, 0.1) is 13.2 Å². The molecule has 0 radical (unpaired) electrons. The van der Waals surface area contributed by atoms with Gasteiger partial charge in [0.15, 0.2) is 0 Å². The highest BCUT2D eigenvalue weighted by atomic mass is 16.5. The Bertz CT molecular complexity index is 1110. The summed E-state index contributed by atoms with van der Waals surface area (Å²) in [4.78, 5) is 22.9. The quantitative estimate of drug-likeness (QED) is 0.285. The molecule has 0 atom stereocenters. The zero-order valence-corrected chi connectivity index (χ0v) is 19.8. The van der Waals surface area contributed by atoms with Gasteiger partial charge in [-0.05, 0) is 35.4 Å². The summed E-state index contributed by atoms with van der Waals surface area (Å²) in [5.41, 5.74) is 3.26. The molecule has 178 valence electrons. The molecular weight excluding hydrogens is 438 g/mol. The second kappa shape index (κ2) is 11.8. The van der Waals surface area contributed by atoms with Gasteiger partial charge in [-0.25, -0.2) is 0 Å². The van der Waals surface area contributed by atoms with Gasteiger partial charge in [0.1, 0.15) is 18.6 Å². The number of carbonyl (C=O) groups is 1.